The third-order valence-electron chi connectivity index (χ3n) is 12.5. The van der Waals surface area contributed by atoms with Gasteiger partial charge in [-0.3, -0.25) is 10.5 Å². The maximum absolute atomic E-state index is 11.3. The number of para-hydroxylation sites is 2. The minimum Gasteiger partial charge on any atom is -0.739 e. The number of aromatic nitrogens is 8. The molecule has 0 bridgehead atoms. The largest absolute Gasteiger partial charge is 0.739 e. The van der Waals surface area contributed by atoms with E-state index in [1.54, 1.807) is 24.7 Å². The number of H-pyrrole nitrogens is 1. The van der Waals surface area contributed by atoms with E-state index in [9.17, 15) is 25.4 Å². The van der Waals surface area contributed by atoms with Gasteiger partial charge in [0.2, 0.25) is 5.10 Å². The number of nitrogen functional groups attached to an aromatic ring is 1. The second-order valence-corrected chi connectivity index (χ2v) is 23.9. The zero-order valence-corrected chi connectivity index (χ0v) is 46.7. The quantitative estimate of drug-likeness (QED) is 0.0209. The smallest absolute Gasteiger partial charge is 0.458 e. The monoisotopic (exact) mass is 1150 g/mol. The number of carbonyl (C=O) groups excluding carboxylic acids is 1. The predicted molar refractivity (Wildman–Crippen MR) is 307 cm³/mol. The molecule has 4 aliphatic heterocycles. The lowest BCUT2D eigenvalue weighted by Gasteiger charge is -2.25. The van der Waals surface area contributed by atoms with Crippen molar-refractivity contribution >= 4 is 86.4 Å². The Balaban J connectivity index is 0.000000139. The maximum Gasteiger partial charge on any atom is 0.458 e. The number of nitrogens with zero attached hydrogens (tertiary/aromatic N) is 11. The van der Waals surface area contributed by atoms with Crippen molar-refractivity contribution in [2.45, 2.75) is 30.8 Å². The molecule has 4 aromatic carbocycles. The average molecular weight is 1150 g/mol. The summed E-state index contributed by atoms with van der Waals surface area (Å²) in [5.74, 6) is 0.446. The van der Waals surface area contributed by atoms with Crippen LogP contribution in [0.5, 0.6) is 5.75 Å². The van der Waals surface area contributed by atoms with Crippen LogP contribution in [0.2, 0.25) is 0 Å². The van der Waals surface area contributed by atoms with Crippen LogP contribution in [0.3, 0.4) is 0 Å². The highest BCUT2D eigenvalue weighted by Crippen LogP contribution is 2.65. The molecule has 79 heavy (non-hydrogen) atoms. The van der Waals surface area contributed by atoms with Gasteiger partial charge in [-0.25, -0.2) is 38.7 Å². The van der Waals surface area contributed by atoms with Gasteiger partial charge in [0, 0.05) is 68.0 Å². The Morgan fingerprint density at radius 2 is 1.48 bits per heavy atom. The van der Waals surface area contributed by atoms with Gasteiger partial charge >= 0.3 is 5.95 Å². The van der Waals surface area contributed by atoms with Gasteiger partial charge in [-0.1, -0.05) is 84.9 Å². The lowest BCUT2D eigenvalue weighted by molar-refractivity contribution is -0.672. The molecule has 0 spiro atoms. The molecule has 0 aliphatic carbocycles. The van der Waals surface area contributed by atoms with Gasteiger partial charge in [-0.15, -0.1) is 22.9 Å². The van der Waals surface area contributed by atoms with Crippen molar-refractivity contribution in [1.82, 2.24) is 48.9 Å². The van der Waals surface area contributed by atoms with Crippen LogP contribution in [0.4, 0.5) is 5.95 Å². The lowest BCUT2D eigenvalue weighted by atomic mass is 9.88. The second kappa shape index (κ2) is 27.5. The van der Waals surface area contributed by atoms with E-state index in [2.05, 4.69) is 122 Å². The minimum atomic E-state index is -1.27. The minimum absolute atomic E-state index is 0.0859. The first-order valence-corrected chi connectivity index (χ1v) is 29.3. The number of aromatic amines is 1. The number of allylic oxidation sites excluding steroid dienone is 1. The molecule has 0 saturated carbocycles. The third-order valence-corrected chi connectivity index (χ3v) is 19.1. The zero-order chi connectivity index (χ0) is 56.1. The van der Waals surface area contributed by atoms with Crippen LogP contribution in [0, 0.1) is 10.4 Å². The van der Waals surface area contributed by atoms with Gasteiger partial charge in [0.25, 0.3) is 11.4 Å². The number of imidazole rings is 1. The number of primary amides is 1. The molecule has 12 rings (SSSR count). The number of fused-ring (bicyclic) bond motifs is 2. The van der Waals surface area contributed by atoms with Gasteiger partial charge in [-0.2, -0.15) is 0 Å². The molecule has 416 valence electrons. The third kappa shape index (κ3) is 15.2. The highest BCUT2D eigenvalue weighted by Gasteiger charge is 2.51. The van der Waals surface area contributed by atoms with E-state index in [4.69, 9.17) is 49.5 Å². The normalized spacial score (nSPS) is 18.9. The van der Waals surface area contributed by atoms with Crippen LogP contribution < -0.4 is 25.8 Å². The summed E-state index contributed by atoms with van der Waals surface area (Å²) in [6.45, 7) is 7.43. The van der Waals surface area contributed by atoms with Crippen LogP contribution in [-0.2, 0) is 16.5 Å². The van der Waals surface area contributed by atoms with E-state index in [1.165, 1.54) is 90.9 Å². The number of halogens is 1. The number of aliphatic hydroxyl groups excluding tert-OH is 3. The number of anilines is 1. The first-order chi connectivity index (χ1) is 38.2. The van der Waals surface area contributed by atoms with Crippen molar-refractivity contribution in [3.05, 3.63) is 171 Å². The molecule has 26 heteroatoms. The fourth-order valence-corrected chi connectivity index (χ4v) is 13.7. The number of thiazole rings is 1. The number of alkyl halides is 1. The number of amides is 1. The van der Waals surface area contributed by atoms with Crippen molar-refractivity contribution < 1.29 is 39.2 Å². The molecule has 8 heterocycles. The fraction of sp³-hybridized carbons (Fsp3) is 0.321. The molecule has 4 fully saturated rings. The van der Waals surface area contributed by atoms with Crippen molar-refractivity contribution in [1.29, 1.82) is 0 Å². The SMILES string of the molecule is CN(C)CCOc1ccc(/C(=C(/CCCl)c2ccccc2)c2ccccc2)cc1.NC(=O)c1csc([C@@H]2O[C@H](CO)[C@@H](O)[C@H]2O)n1.Nc1n[n+]([O-])c2ccccc2[n+]1[O-].S=P(N1CC1)(N1CC1)N1CC1.c1ncc2[nH]cnc2n1. The molecule has 4 saturated heterocycles. The average Bonchev–Trinajstić information content (AvgIpc) is 4.49. The number of carbonyl (C=O) groups is 1. The van der Waals surface area contributed by atoms with Gasteiger partial charge < -0.3 is 50.8 Å². The van der Waals surface area contributed by atoms with Gasteiger partial charge in [-0.05, 0) is 78.4 Å². The molecule has 4 atom stereocenters. The summed E-state index contributed by atoms with van der Waals surface area (Å²) in [5.41, 5.74) is 18.4. The van der Waals surface area contributed by atoms with Crippen molar-refractivity contribution in [3.8, 4) is 5.75 Å². The summed E-state index contributed by atoms with van der Waals surface area (Å²) < 4.78 is 19.0. The summed E-state index contributed by atoms with van der Waals surface area (Å²) in [6.07, 6.45) is 1.51. The zero-order valence-electron chi connectivity index (χ0n) is 43.4. The summed E-state index contributed by atoms with van der Waals surface area (Å²) in [4.78, 5) is 31.7. The Morgan fingerprint density at radius 3 is 2.03 bits per heavy atom. The van der Waals surface area contributed by atoms with E-state index in [1.807, 2.05) is 26.2 Å². The molecule has 0 radical (unpaired) electrons. The highest BCUT2D eigenvalue weighted by atomic mass is 35.5. The van der Waals surface area contributed by atoms with Crippen LogP contribution in [0.15, 0.2) is 133 Å². The summed E-state index contributed by atoms with van der Waals surface area (Å²) >= 11 is 13.1. The number of ether oxygens (including phenoxy) is 2. The molecule has 8 aromatic rings. The Bertz CT molecular complexity index is 3270. The fourth-order valence-electron chi connectivity index (χ4n) is 8.22. The summed E-state index contributed by atoms with van der Waals surface area (Å²) in [7, 11) is 4.09. The Morgan fingerprint density at radius 1 is 0.886 bits per heavy atom. The number of aliphatic hydroxyl groups is 3. The number of hydrogen-bond donors (Lipinski definition) is 6. The number of nitrogens with two attached hydrogens (primary N) is 2. The first-order valence-electron chi connectivity index (χ1n) is 25.2. The number of likely N-dealkylation sites (N-methyl/N-ethyl adjacent to an activating group) is 1. The molecule has 8 N–H and O–H groups in total. The number of benzene rings is 4. The topological polar surface area (TPSA) is 295 Å². The molecule has 22 nitrogen and oxygen atoms in total. The van der Waals surface area contributed by atoms with Crippen molar-refractivity contribution in [2.75, 3.05) is 84.7 Å². The molecular formula is C53H62ClN14O8PS2. The standard InChI is InChI=1S/C26H28ClNO.C9H12N2O5S.C7H6N4O2.C6H12N3PS.C5H4N4/c1-28(2)19-20-29-24-15-13-23(14-16-24)26(22-11-7-4-8-12-22)25(17-18-27)21-9-5-3-6-10-21;10-8(15)3-2-17-9(11-3)7-6(14)5(13)4(1-12)16-7;8-7-9-11(13)6-4-2-1-3-5(6)10(7)12;11-10(7-1-2-7,8-3-4-8)9-5-6-9;1-4-5(8-2-6-1)9-3-7-4/h3-16H,17-20H2,1-2H3;2,4-7,12-14H,1H2,(H2,10,15);1-4H,(H2,8,9);1-6H2;1-3H,(H,6,7,8,9)/b26-25-;;;;/t;4-,5-,6-,7-;;;/m.1.../s1. The number of hydrogen-bond acceptors (Lipinski definition) is 17. The van der Waals surface area contributed by atoms with Gasteiger partial charge in [0.05, 0.1) is 19.1 Å². The number of nitrogens with one attached hydrogen (secondary N) is 1. The first kappa shape index (κ1) is 58.5. The Hall–Kier alpha value is -6.64. The lowest BCUT2D eigenvalue weighted by Crippen LogP contribution is -2.44. The molecule has 4 aliphatic rings. The summed E-state index contributed by atoms with van der Waals surface area (Å²) in [6, 6.07) is 35.7. The van der Waals surface area contributed by atoms with E-state index >= 15 is 0 Å². The maximum atomic E-state index is 11.3. The number of rotatable bonds is 15. The predicted octanol–water partition coefficient (Wildman–Crippen LogP) is 4.21. The highest BCUT2D eigenvalue weighted by molar-refractivity contribution is 8.11. The van der Waals surface area contributed by atoms with E-state index in [0.29, 0.717) is 32.7 Å². The molecular weight excluding hydrogens is 1090 g/mol. The molecule has 4 aromatic heterocycles. The van der Waals surface area contributed by atoms with Crippen molar-refractivity contribution in [2.24, 2.45) is 5.73 Å². The van der Waals surface area contributed by atoms with Crippen LogP contribution in [-0.4, -0.2) is 167 Å². The van der Waals surface area contributed by atoms with E-state index < -0.39 is 43.4 Å². The van der Waals surface area contributed by atoms with Gasteiger partial charge in [0.15, 0.2) is 11.2 Å². The second-order valence-electron chi connectivity index (χ2n) is 18.4. The van der Waals surface area contributed by atoms with Crippen LogP contribution in [0.25, 0.3) is 33.3 Å². The van der Waals surface area contributed by atoms with Crippen LogP contribution >= 0.6 is 29.4 Å². The van der Waals surface area contributed by atoms with Crippen molar-refractivity contribution in [3.63, 3.8) is 0 Å². The molecule has 1 amide bonds. The van der Waals surface area contributed by atoms with E-state index in [-0.39, 0.29) is 22.7 Å². The Labute approximate surface area is 470 Å². The molecule has 0 unspecified atom stereocenters. The van der Waals surface area contributed by atoms with E-state index in [0.717, 1.165) is 35.6 Å². The van der Waals surface area contributed by atoms with Gasteiger partial charge in [0.1, 0.15) is 65.8 Å². The van der Waals surface area contributed by atoms with Crippen LogP contribution in [0.1, 0.15) is 44.7 Å². The Kier molecular flexibility index (Phi) is 20.4. The summed E-state index contributed by atoms with van der Waals surface area (Å²) in [5, 5.41) is 55.7.